The summed E-state index contributed by atoms with van der Waals surface area (Å²) in [5.41, 5.74) is 0.357. The normalized spacial score (nSPS) is 58.5. The van der Waals surface area contributed by atoms with E-state index < -0.39 is 0 Å². The molecule has 5 aliphatic carbocycles. The molecule has 1 N–H and O–H groups in total. The Balaban J connectivity index is 1.35. The molecular formula is C18H29NO. The Kier molecular flexibility index (Phi) is 2.50. The van der Waals surface area contributed by atoms with Gasteiger partial charge in [-0.1, -0.05) is 13.8 Å². The molecule has 5 saturated carbocycles. The first-order chi connectivity index (χ1) is 9.63. The molecule has 6 fully saturated rings. The van der Waals surface area contributed by atoms with Crippen LogP contribution < -0.4 is 5.32 Å². The van der Waals surface area contributed by atoms with Crippen LogP contribution in [-0.4, -0.2) is 24.8 Å². The lowest BCUT2D eigenvalue weighted by molar-refractivity contribution is -0.128. The number of fused-ring (bicyclic) bond motifs is 1. The summed E-state index contributed by atoms with van der Waals surface area (Å²) in [5, 5.41) is 4.18. The third-order valence-electron chi connectivity index (χ3n) is 7.70. The molecule has 112 valence electrons. The SMILES string of the molecule is CC1(C)C(NC2C3CC4CC(C3)CC2C4)C2CCOC21. The summed E-state index contributed by atoms with van der Waals surface area (Å²) in [6.07, 6.45) is 9.51. The Labute approximate surface area is 123 Å². The fourth-order valence-electron chi connectivity index (χ4n) is 7.07. The molecule has 6 aliphatic rings. The van der Waals surface area contributed by atoms with Gasteiger partial charge in [-0.05, 0) is 62.2 Å². The zero-order valence-corrected chi connectivity index (χ0v) is 13.0. The van der Waals surface area contributed by atoms with Gasteiger partial charge in [0.25, 0.3) is 0 Å². The van der Waals surface area contributed by atoms with E-state index in [-0.39, 0.29) is 0 Å². The van der Waals surface area contributed by atoms with Gasteiger partial charge >= 0.3 is 0 Å². The van der Waals surface area contributed by atoms with Crippen molar-refractivity contribution in [1.82, 2.24) is 5.32 Å². The van der Waals surface area contributed by atoms with Crippen molar-refractivity contribution < 1.29 is 4.74 Å². The Hall–Kier alpha value is -0.0800. The van der Waals surface area contributed by atoms with Gasteiger partial charge in [0.15, 0.2) is 0 Å². The van der Waals surface area contributed by atoms with Crippen molar-refractivity contribution in [1.29, 1.82) is 0 Å². The van der Waals surface area contributed by atoms with E-state index in [1.165, 1.54) is 32.1 Å². The second kappa shape index (κ2) is 4.01. The maximum Gasteiger partial charge on any atom is 0.0685 e. The lowest BCUT2D eigenvalue weighted by atomic mass is 9.52. The van der Waals surface area contributed by atoms with Gasteiger partial charge in [-0.15, -0.1) is 0 Å². The molecule has 1 saturated heterocycles. The molecule has 0 amide bonds. The van der Waals surface area contributed by atoms with Crippen LogP contribution in [0.3, 0.4) is 0 Å². The van der Waals surface area contributed by atoms with E-state index in [4.69, 9.17) is 4.74 Å². The van der Waals surface area contributed by atoms with Crippen molar-refractivity contribution in [2.75, 3.05) is 6.61 Å². The molecule has 0 spiro atoms. The summed E-state index contributed by atoms with van der Waals surface area (Å²) >= 11 is 0. The minimum Gasteiger partial charge on any atom is -0.377 e. The average Bonchev–Trinajstić information content (AvgIpc) is 2.83. The monoisotopic (exact) mass is 275 g/mol. The molecule has 0 aromatic heterocycles. The van der Waals surface area contributed by atoms with Crippen LogP contribution in [0.2, 0.25) is 0 Å². The van der Waals surface area contributed by atoms with Crippen molar-refractivity contribution in [3.8, 4) is 0 Å². The van der Waals surface area contributed by atoms with Crippen LogP contribution in [0.5, 0.6) is 0 Å². The molecule has 3 atom stereocenters. The van der Waals surface area contributed by atoms with Gasteiger partial charge in [0, 0.05) is 30.0 Å². The highest BCUT2D eigenvalue weighted by molar-refractivity contribution is 5.13. The van der Waals surface area contributed by atoms with Crippen LogP contribution in [0.25, 0.3) is 0 Å². The van der Waals surface area contributed by atoms with Crippen LogP contribution in [-0.2, 0) is 4.74 Å². The van der Waals surface area contributed by atoms with E-state index in [1.807, 2.05) is 0 Å². The highest BCUT2D eigenvalue weighted by Gasteiger charge is 2.60. The van der Waals surface area contributed by atoms with Gasteiger partial charge in [-0.3, -0.25) is 0 Å². The van der Waals surface area contributed by atoms with E-state index in [0.717, 1.165) is 48.3 Å². The fraction of sp³-hybridized carbons (Fsp3) is 1.00. The Morgan fingerprint density at radius 1 is 0.950 bits per heavy atom. The first-order valence-electron chi connectivity index (χ1n) is 9.00. The second-order valence-corrected chi connectivity index (χ2v) is 9.17. The minimum atomic E-state index is 0.357. The lowest BCUT2D eigenvalue weighted by Gasteiger charge is -2.60. The van der Waals surface area contributed by atoms with Gasteiger partial charge in [0.1, 0.15) is 0 Å². The summed E-state index contributed by atoms with van der Waals surface area (Å²) < 4.78 is 5.96. The number of rotatable bonds is 2. The van der Waals surface area contributed by atoms with Crippen molar-refractivity contribution >= 4 is 0 Å². The standard InChI is InChI=1S/C18H29NO/c1-18(2)16(14-3-4-20-17(14)18)19-15-12-6-10-5-11(8-12)9-13(15)7-10/h10-17,19H,3-9H2,1-2H3. The van der Waals surface area contributed by atoms with Crippen molar-refractivity contribution in [2.45, 2.75) is 70.6 Å². The largest absolute Gasteiger partial charge is 0.377 e. The number of hydrogen-bond acceptors (Lipinski definition) is 2. The predicted molar refractivity (Wildman–Crippen MR) is 79.4 cm³/mol. The predicted octanol–water partition coefficient (Wildman–Crippen LogP) is 3.21. The zero-order chi connectivity index (χ0) is 13.5. The van der Waals surface area contributed by atoms with Crippen LogP contribution in [0.1, 0.15) is 52.4 Å². The topological polar surface area (TPSA) is 21.3 Å². The maximum atomic E-state index is 5.96. The summed E-state index contributed by atoms with van der Waals surface area (Å²) in [5.74, 6) is 4.99. The van der Waals surface area contributed by atoms with Gasteiger partial charge in [-0.25, -0.2) is 0 Å². The number of nitrogens with one attached hydrogen (secondary N) is 1. The molecule has 6 rings (SSSR count). The summed E-state index contributed by atoms with van der Waals surface area (Å²) in [6, 6.07) is 1.56. The molecule has 20 heavy (non-hydrogen) atoms. The molecule has 4 bridgehead atoms. The molecule has 1 heterocycles. The minimum absolute atomic E-state index is 0.357. The first-order valence-corrected chi connectivity index (χ1v) is 9.00. The molecule has 0 aromatic rings. The van der Waals surface area contributed by atoms with E-state index in [9.17, 15) is 0 Å². The highest BCUT2D eigenvalue weighted by atomic mass is 16.5. The third kappa shape index (κ3) is 1.53. The Morgan fingerprint density at radius 2 is 1.60 bits per heavy atom. The second-order valence-electron chi connectivity index (χ2n) is 9.17. The maximum absolute atomic E-state index is 5.96. The lowest BCUT2D eigenvalue weighted by Crippen LogP contribution is -2.70. The van der Waals surface area contributed by atoms with Gasteiger partial charge < -0.3 is 10.1 Å². The van der Waals surface area contributed by atoms with Gasteiger partial charge in [0.2, 0.25) is 0 Å². The average molecular weight is 275 g/mol. The molecule has 3 unspecified atom stereocenters. The van der Waals surface area contributed by atoms with Gasteiger partial charge in [0.05, 0.1) is 6.10 Å². The quantitative estimate of drug-likeness (QED) is 0.835. The van der Waals surface area contributed by atoms with Crippen LogP contribution in [0, 0.1) is 35.0 Å². The number of hydrogen-bond donors (Lipinski definition) is 1. The van der Waals surface area contributed by atoms with E-state index in [2.05, 4.69) is 19.2 Å². The van der Waals surface area contributed by atoms with Gasteiger partial charge in [-0.2, -0.15) is 0 Å². The smallest absolute Gasteiger partial charge is 0.0685 e. The molecular weight excluding hydrogens is 246 g/mol. The fourth-order valence-corrected chi connectivity index (χ4v) is 7.07. The van der Waals surface area contributed by atoms with Crippen LogP contribution in [0.15, 0.2) is 0 Å². The number of ether oxygens (including phenoxy) is 1. The summed E-state index contributed by atoms with van der Waals surface area (Å²) in [6.45, 7) is 5.85. The summed E-state index contributed by atoms with van der Waals surface area (Å²) in [4.78, 5) is 0. The van der Waals surface area contributed by atoms with Crippen molar-refractivity contribution in [3.63, 3.8) is 0 Å². The molecule has 2 nitrogen and oxygen atoms in total. The molecule has 2 heteroatoms. The highest BCUT2D eigenvalue weighted by Crippen LogP contribution is 2.56. The third-order valence-corrected chi connectivity index (χ3v) is 7.70. The van der Waals surface area contributed by atoms with E-state index in [1.54, 1.807) is 6.42 Å². The Morgan fingerprint density at radius 3 is 2.25 bits per heavy atom. The van der Waals surface area contributed by atoms with Crippen molar-refractivity contribution in [3.05, 3.63) is 0 Å². The molecule has 1 aliphatic heterocycles. The summed E-state index contributed by atoms with van der Waals surface area (Å²) in [7, 11) is 0. The van der Waals surface area contributed by atoms with E-state index >= 15 is 0 Å². The molecule has 0 aromatic carbocycles. The van der Waals surface area contributed by atoms with Crippen LogP contribution in [0.4, 0.5) is 0 Å². The first kappa shape index (κ1) is 12.5. The Bertz CT molecular complexity index is 390. The van der Waals surface area contributed by atoms with Crippen molar-refractivity contribution in [2.24, 2.45) is 35.0 Å². The zero-order valence-electron chi connectivity index (χ0n) is 13.0. The van der Waals surface area contributed by atoms with E-state index in [0.29, 0.717) is 11.5 Å². The molecule has 0 radical (unpaired) electrons. The van der Waals surface area contributed by atoms with Crippen LogP contribution >= 0.6 is 0 Å².